The van der Waals surface area contributed by atoms with Gasteiger partial charge >= 0.3 is 0 Å². The van der Waals surface area contributed by atoms with Crippen molar-refractivity contribution in [3.8, 4) is 11.3 Å². The molecule has 2 aromatic heterocycles. The first-order valence-corrected chi connectivity index (χ1v) is 9.90. The van der Waals surface area contributed by atoms with E-state index in [-0.39, 0.29) is 0 Å². The van der Waals surface area contributed by atoms with Crippen LogP contribution in [0.3, 0.4) is 0 Å². The third-order valence-electron chi connectivity index (χ3n) is 3.15. The van der Waals surface area contributed by atoms with E-state index in [1.54, 1.807) is 40.5 Å². The number of fused-ring (bicyclic) bond motifs is 1. The largest absolute Gasteiger partial charge is 0.229 e. The molecule has 0 aliphatic rings. The van der Waals surface area contributed by atoms with E-state index >= 15 is 0 Å². The minimum atomic E-state index is 0.539. The highest BCUT2D eigenvalue weighted by Gasteiger charge is 2.10. The Balaban J connectivity index is 1.61. The summed E-state index contributed by atoms with van der Waals surface area (Å²) in [6.45, 7) is 0. The van der Waals surface area contributed by atoms with Crippen molar-refractivity contribution in [1.82, 2.24) is 9.97 Å². The van der Waals surface area contributed by atoms with Crippen molar-refractivity contribution in [2.75, 3.05) is 0 Å². The van der Waals surface area contributed by atoms with Crippen molar-refractivity contribution in [1.29, 1.82) is 0 Å². The molecule has 2 nitrogen and oxygen atoms in total. The number of aromatic nitrogens is 2. The predicted molar refractivity (Wildman–Crippen MR) is 101 cm³/mol. The molecule has 114 valence electrons. The van der Waals surface area contributed by atoms with Gasteiger partial charge in [-0.15, -0.1) is 22.7 Å². The Morgan fingerprint density at radius 3 is 2.61 bits per heavy atom. The highest BCUT2D eigenvalue weighted by molar-refractivity contribution is 8.02. The van der Waals surface area contributed by atoms with Gasteiger partial charge in [0.25, 0.3) is 0 Å². The molecule has 0 amide bonds. The van der Waals surface area contributed by atoms with E-state index in [0.29, 0.717) is 10.0 Å². The summed E-state index contributed by atoms with van der Waals surface area (Å²) in [6, 6.07) is 13.7. The third kappa shape index (κ3) is 3.25. The van der Waals surface area contributed by atoms with Gasteiger partial charge in [-0.05, 0) is 36.0 Å². The molecule has 2 heterocycles. The van der Waals surface area contributed by atoms with E-state index in [1.807, 2.05) is 35.7 Å². The van der Waals surface area contributed by atoms with E-state index in [1.165, 1.54) is 4.70 Å². The predicted octanol–water partition coefficient (Wildman–Crippen LogP) is 6.88. The number of rotatable bonds is 3. The number of hydrogen-bond acceptors (Lipinski definition) is 5. The van der Waals surface area contributed by atoms with Crippen LogP contribution in [-0.2, 0) is 0 Å². The molecule has 4 rings (SSSR count). The van der Waals surface area contributed by atoms with Crippen molar-refractivity contribution in [3.05, 3.63) is 57.9 Å². The highest BCUT2D eigenvalue weighted by Crippen LogP contribution is 2.37. The molecule has 0 N–H and O–H groups in total. The van der Waals surface area contributed by atoms with Crippen LogP contribution in [0, 0.1) is 0 Å². The minimum absolute atomic E-state index is 0.539. The van der Waals surface area contributed by atoms with Crippen LogP contribution in [-0.4, -0.2) is 9.97 Å². The summed E-state index contributed by atoms with van der Waals surface area (Å²) in [6.07, 6.45) is 0. The zero-order valence-corrected chi connectivity index (χ0v) is 15.5. The molecule has 0 bridgehead atoms. The highest BCUT2D eigenvalue weighted by atomic mass is 35.5. The first-order chi connectivity index (χ1) is 11.2. The molecule has 0 aliphatic carbocycles. The molecule has 0 saturated carbocycles. The lowest BCUT2D eigenvalue weighted by Crippen LogP contribution is -1.79. The third-order valence-corrected chi connectivity index (χ3v) is 6.92. The Kier molecular flexibility index (Phi) is 4.30. The van der Waals surface area contributed by atoms with Gasteiger partial charge in [-0.2, -0.15) is 0 Å². The molecule has 0 unspecified atom stereocenters. The second kappa shape index (κ2) is 6.42. The van der Waals surface area contributed by atoms with Crippen LogP contribution < -0.4 is 0 Å². The summed E-state index contributed by atoms with van der Waals surface area (Å²) in [5.74, 6) is 0. The van der Waals surface area contributed by atoms with Crippen molar-refractivity contribution in [2.24, 2.45) is 0 Å². The number of benzene rings is 2. The topological polar surface area (TPSA) is 25.8 Å². The summed E-state index contributed by atoms with van der Waals surface area (Å²) in [7, 11) is 0. The zero-order valence-electron chi connectivity index (χ0n) is 11.5. The van der Waals surface area contributed by atoms with E-state index in [9.17, 15) is 0 Å². The molecule has 0 spiro atoms. The number of para-hydroxylation sites is 1. The average molecular weight is 395 g/mol. The Morgan fingerprint density at radius 1 is 0.913 bits per heavy atom. The van der Waals surface area contributed by atoms with Crippen LogP contribution >= 0.6 is 57.6 Å². The van der Waals surface area contributed by atoms with Crippen LogP contribution in [0.25, 0.3) is 21.5 Å². The second-order valence-electron chi connectivity index (χ2n) is 4.68. The van der Waals surface area contributed by atoms with Crippen LogP contribution in [0.4, 0.5) is 0 Å². The van der Waals surface area contributed by atoms with Gasteiger partial charge in [0.1, 0.15) is 0 Å². The van der Waals surface area contributed by atoms with Gasteiger partial charge in [-0.3, -0.25) is 0 Å². The zero-order chi connectivity index (χ0) is 15.8. The van der Waals surface area contributed by atoms with Gasteiger partial charge in [0.05, 0.1) is 26.0 Å². The Morgan fingerprint density at radius 2 is 1.78 bits per heavy atom. The first-order valence-electron chi connectivity index (χ1n) is 6.63. The smallest absolute Gasteiger partial charge is 0.158 e. The van der Waals surface area contributed by atoms with Crippen molar-refractivity contribution >= 4 is 67.9 Å². The summed E-state index contributed by atoms with van der Waals surface area (Å²) >= 11 is 16.9. The maximum Gasteiger partial charge on any atom is 0.158 e. The fourth-order valence-corrected chi connectivity index (χ4v) is 5.45. The molecular formula is C16H8Cl2N2S3. The quantitative estimate of drug-likeness (QED) is 0.378. The van der Waals surface area contributed by atoms with Crippen LogP contribution in [0.5, 0.6) is 0 Å². The summed E-state index contributed by atoms with van der Waals surface area (Å²) in [4.78, 5) is 9.29. The second-order valence-corrected chi connectivity index (χ2v) is 8.87. The molecule has 0 atom stereocenters. The number of nitrogens with zero attached hydrogens (tertiary/aromatic N) is 2. The van der Waals surface area contributed by atoms with Gasteiger partial charge in [0.15, 0.2) is 8.68 Å². The Hall–Kier alpha value is -1.11. The normalized spacial score (nSPS) is 11.2. The molecule has 4 aromatic rings. The standard InChI is InChI=1S/C16H8Cl2N2S3/c17-10-6-5-9(7-11(10)18)13-8-21-15(20-13)23-16-19-12-3-1-2-4-14(12)22-16/h1-8H. The summed E-state index contributed by atoms with van der Waals surface area (Å²) in [5, 5.41) is 3.11. The molecule has 0 radical (unpaired) electrons. The monoisotopic (exact) mass is 394 g/mol. The minimum Gasteiger partial charge on any atom is -0.229 e. The van der Waals surface area contributed by atoms with Crippen LogP contribution in [0.2, 0.25) is 10.0 Å². The molecule has 23 heavy (non-hydrogen) atoms. The van der Waals surface area contributed by atoms with Gasteiger partial charge < -0.3 is 0 Å². The maximum atomic E-state index is 6.08. The molecule has 0 fully saturated rings. The van der Waals surface area contributed by atoms with Crippen molar-refractivity contribution < 1.29 is 0 Å². The Bertz CT molecular complexity index is 961. The lowest BCUT2D eigenvalue weighted by molar-refractivity contribution is 1.23. The molecular weight excluding hydrogens is 387 g/mol. The van der Waals surface area contributed by atoms with Crippen molar-refractivity contribution in [3.63, 3.8) is 0 Å². The fourth-order valence-electron chi connectivity index (χ4n) is 2.06. The van der Waals surface area contributed by atoms with Crippen LogP contribution in [0.1, 0.15) is 0 Å². The van der Waals surface area contributed by atoms with Crippen molar-refractivity contribution in [2.45, 2.75) is 8.68 Å². The first kappa shape index (κ1) is 15.4. The number of hydrogen-bond donors (Lipinski definition) is 0. The van der Waals surface area contributed by atoms with E-state index in [4.69, 9.17) is 23.2 Å². The van der Waals surface area contributed by atoms with Gasteiger partial charge in [-0.25, -0.2) is 9.97 Å². The lowest BCUT2D eigenvalue weighted by Gasteiger charge is -1.99. The van der Waals surface area contributed by atoms with Crippen LogP contribution in [0.15, 0.2) is 56.5 Å². The fraction of sp³-hybridized carbons (Fsp3) is 0. The molecule has 0 aliphatic heterocycles. The van der Waals surface area contributed by atoms with Gasteiger partial charge in [0.2, 0.25) is 0 Å². The van der Waals surface area contributed by atoms with E-state index < -0.39 is 0 Å². The van der Waals surface area contributed by atoms with Gasteiger partial charge in [0, 0.05) is 10.9 Å². The molecule has 0 saturated heterocycles. The molecule has 2 aromatic carbocycles. The van der Waals surface area contributed by atoms with Gasteiger partial charge in [-0.1, -0.05) is 41.4 Å². The average Bonchev–Trinajstić information content (AvgIpc) is 3.16. The number of halogens is 2. The summed E-state index contributed by atoms with van der Waals surface area (Å²) in [5.41, 5.74) is 2.89. The molecule has 7 heteroatoms. The maximum absolute atomic E-state index is 6.08. The summed E-state index contributed by atoms with van der Waals surface area (Å²) < 4.78 is 3.16. The van der Waals surface area contributed by atoms with E-state index in [2.05, 4.69) is 16.0 Å². The number of thiazole rings is 2. The lowest BCUT2D eigenvalue weighted by atomic mass is 10.2. The SMILES string of the molecule is Clc1ccc(-c2csc(Sc3nc4ccccc4s3)n2)cc1Cl. The Labute approximate surface area is 155 Å². The van der Waals surface area contributed by atoms with E-state index in [0.717, 1.165) is 25.5 Å².